The fraction of sp³-hybridized carbons (Fsp3) is 0.400. The van der Waals surface area contributed by atoms with Crippen molar-refractivity contribution < 1.29 is 0 Å². The van der Waals surface area contributed by atoms with Gasteiger partial charge >= 0.3 is 0 Å². The van der Waals surface area contributed by atoms with Crippen LogP contribution in [-0.4, -0.2) is 43.1 Å². The van der Waals surface area contributed by atoms with Crippen LogP contribution in [0.3, 0.4) is 0 Å². The molecule has 100 valence electrons. The fourth-order valence-corrected chi connectivity index (χ4v) is 3.02. The number of hydrogen-bond donors (Lipinski definition) is 0. The van der Waals surface area contributed by atoms with E-state index in [1.807, 2.05) is 0 Å². The molecule has 1 saturated heterocycles. The zero-order chi connectivity index (χ0) is 13.4. The molecule has 1 aliphatic rings. The number of halogens is 1. The maximum atomic E-state index is 4.84. The van der Waals surface area contributed by atoms with Gasteiger partial charge in [-0.3, -0.25) is 0 Å². The molecule has 2 aromatic rings. The van der Waals surface area contributed by atoms with Gasteiger partial charge in [0.25, 0.3) is 0 Å². The maximum absolute atomic E-state index is 4.84. The number of hydrogen-bond acceptors (Lipinski definition) is 3. The number of para-hydroxylation sites is 1. The molecule has 2 heterocycles. The molecule has 0 atom stereocenters. The number of fused-ring (bicyclic) bond motifs is 1. The third-order valence-electron chi connectivity index (χ3n) is 3.81. The van der Waals surface area contributed by atoms with Crippen LogP contribution in [-0.2, 0) is 0 Å². The Morgan fingerprint density at radius 2 is 1.89 bits per heavy atom. The number of benzene rings is 1. The molecule has 0 aliphatic carbocycles. The minimum Gasteiger partial charge on any atom is -0.354 e. The zero-order valence-electron chi connectivity index (χ0n) is 11.4. The number of likely N-dealkylation sites (N-methyl/N-ethyl adjacent to an activating group) is 1. The van der Waals surface area contributed by atoms with Gasteiger partial charge in [-0.25, -0.2) is 4.98 Å². The molecular formula is C15H18BrN3. The van der Waals surface area contributed by atoms with Gasteiger partial charge in [0.1, 0.15) is 5.82 Å². The normalized spacial score (nSPS) is 17.1. The molecule has 0 bridgehead atoms. The highest BCUT2D eigenvalue weighted by Gasteiger charge is 2.16. The van der Waals surface area contributed by atoms with Crippen molar-refractivity contribution in [1.82, 2.24) is 9.88 Å². The van der Waals surface area contributed by atoms with Gasteiger partial charge in [-0.1, -0.05) is 12.1 Å². The van der Waals surface area contributed by atoms with Crippen molar-refractivity contribution in [2.75, 3.05) is 38.1 Å². The fourth-order valence-electron chi connectivity index (χ4n) is 2.56. The minimum atomic E-state index is 1.05. The van der Waals surface area contributed by atoms with Crippen LogP contribution in [0, 0.1) is 6.92 Å². The second-order valence-electron chi connectivity index (χ2n) is 5.22. The van der Waals surface area contributed by atoms with Crippen LogP contribution in [0.25, 0.3) is 10.9 Å². The van der Waals surface area contributed by atoms with Gasteiger partial charge in [0.2, 0.25) is 0 Å². The van der Waals surface area contributed by atoms with Crippen molar-refractivity contribution in [2.24, 2.45) is 0 Å². The third-order valence-corrected chi connectivity index (χ3v) is 4.45. The molecule has 3 nitrogen and oxygen atoms in total. The lowest BCUT2D eigenvalue weighted by Gasteiger charge is -2.33. The van der Waals surface area contributed by atoms with Crippen LogP contribution in [0.2, 0.25) is 0 Å². The number of pyridine rings is 1. The number of anilines is 1. The van der Waals surface area contributed by atoms with E-state index in [-0.39, 0.29) is 0 Å². The lowest BCUT2D eigenvalue weighted by molar-refractivity contribution is 0.312. The van der Waals surface area contributed by atoms with Crippen LogP contribution in [0.15, 0.2) is 28.7 Å². The van der Waals surface area contributed by atoms with E-state index in [4.69, 9.17) is 4.98 Å². The summed E-state index contributed by atoms with van der Waals surface area (Å²) in [5.41, 5.74) is 2.36. The lowest BCUT2D eigenvalue weighted by atomic mass is 10.1. The summed E-state index contributed by atoms with van der Waals surface area (Å²) in [5, 5.41) is 1.23. The summed E-state index contributed by atoms with van der Waals surface area (Å²) in [6.45, 7) is 6.48. The van der Waals surface area contributed by atoms with E-state index in [0.717, 1.165) is 42.0 Å². The van der Waals surface area contributed by atoms with E-state index in [0.29, 0.717) is 0 Å². The summed E-state index contributed by atoms with van der Waals surface area (Å²) in [6.07, 6.45) is 0. The van der Waals surface area contributed by atoms with E-state index < -0.39 is 0 Å². The summed E-state index contributed by atoms with van der Waals surface area (Å²) in [6, 6.07) is 8.47. The number of aryl methyl sites for hydroxylation is 1. The van der Waals surface area contributed by atoms with E-state index in [1.54, 1.807) is 0 Å². The summed E-state index contributed by atoms with van der Waals surface area (Å²) in [5.74, 6) is 1.10. The smallest absolute Gasteiger partial charge is 0.129 e. The van der Waals surface area contributed by atoms with Crippen LogP contribution < -0.4 is 4.90 Å². The van der Waals surface area contributed by atoms with Crippen molar-refractivity contribution in [1.29, 1.82) is 0 Å². The monoisotopic (exact) mass is 319 g/mol. The van der Waals surface area contributed by atoms with Crippen molar-refractivity contribution in [3.63, 3.8) is 0 Å². The first-order valence-electron chi connectivity index (χ1n) is 6.64. The van der Waals surface area contributed by atoms with E-state index in [2.05, 4.69) is 64.0 Å². The Hall–Kier alpha value is -1.13. The van der Waals surface area contributed by atoms with Crippen LogP contribution in [0.5, 0.6) is 0 Å². The molecule has 0 N–H and O–H groups in total. The van der Waals surface area contributed by atoms with Gasteiger partial charge in [0.15, 0.2) is 0 Å². The van der Waals surface area contributed by atoms with Crippen LogP contribution in [0.4, 0.5) is 5.82 Å². The number of rotatable bonds is 1. The van der Waals surface area contributed by atoms with Crippen molar-refractivity contribution in [3.05, 3.63) is 34.3 Å². The van der Waals surface area contributed by atoms with E-state index in [1.165, 1.54) is 10.9 Å². The summed E-state index contributed by atoms with van der Waals surface area (Å²) in [7, 11) is 2.17. The van der Waals surface area contributed by atoms with Crippen LogP contribution >= 0.6 is 15.9 Å². The summed E-state index contributed by atoms with van der Waals surface area (Å²) in [4.78, 5) is 9.59. The van der Waals surface area contributed by atoms with Gasteiger partial charge in [-0.2, -0.15) is 0 Å². The Kier molecular flexibility index (Phi) is 3.46. The number of aromatic nitrogens is 1. The molecule has 0 saturated carbocycles. The van der Waals surface area contributed by atoms with E-state index in [9.17, 15) is 0 Å². The first-order valence-corrected chi connectivity index (χ1v) is 7.44. The Morgan fingerprint density at radius 3 is 2.63 bits per heavy atom. The zero-order valence-corrected chi connectivity index (χ0v) is 12.9. The highest BCUT2D eigenvalue weighted by molar-refractivity contribution is 9.10. The molecule has 3 rings (SSSR count). The molecule has 0 unspecified atom stereocenters. The van der Waals surface area contributed by atoms with Gasteiger partial charge in [0, 0.05) is 36.0 Å². The van der Waals surface area contributed by atoms with Gasteiger partial charge in [0.05, 0.1) is 5.52 Å². The van der Waals surface area contributed by atoms with Crippen molar-refractivity contribution in [2.45, 2.75) is 6.92 Å². The minimum absolute atomic E-state index is 1.05. The largest absolute Gasteiger partial charge is 0.354 e. The van der Waals surface area contributed by atoms with Gasteiger partial charge in [-0.05, 0) is 47.6 Å². The predicted octanol–water partition coefficient (Wildman–Crippen LogP) is 3.06. The van der Waals surface area contributed by atoms with Crippen molar-refractivity contribution in [3.8, 4) is 0 Å². The average Bonchev–Trinajstić information content (AvgIpc) is 2.41. The Bertz CT molecular complexity index is 604. The third kappa shape index (κ3) is 2.47. The summed E-state index contributed by atoms with van der Waals surface area (Å²) < 4.78 is 1.07. The SMILES string of the molecule is Cc1cc(N2CCN(C)CC2)nc2c(Br)cccc12. The lowest BCUT2D eigenvalue weighted by Crippen LogP contribution is -2.44. The average molecular weight is 320 g/mol. The predicted molar refractivity (Wildman–Crippen MR) is 83.9 cm³/mol. The van der Waals surface area contributed by atoms with Crippen LogP contribution in [0.1, 0.15) is 5.56 Å². The number of nitrogens with zero attached hydrogens (tertiary/aromatic N) is 3. The molecule has 19 heavy (non-hydrogen) atoms. The molecule has 1 aromatic heterocycles. The van der Waals surface area contributed by atoms with E-state index >= 15 is 0 Å². The Balaban J connectivity index is 2.03. The molecule has 1 aromatic carbocycles. The molecule has 0 radical (unpaired) electrons. The molecule has 1 fully saturated rings. The topological polar surface area (TPSA) is 19.4 Å². The first-order chi connectivity index (χ1) is 9.15. The van der Waals surface area contributed by atoms with Gasteiger partial charge in [-0.15, -0.1) is 0 Å². The molecule has 1 aliphatic heterocycles. The molecule has 0 amide bonds. The second-order valence-corrected chi connectivity index (χ2v) is 6.08. The molecular weight excluding hydrogens is 302 g/mol. The Morgan fingerprint density at radius 1 is 1.16 bits per heavy atom. The summed E-state index contributed by atoms with van der Waals surface area (Å²) >= 11 is 3.61. The molecule has 0 spiro atoms. The maximum Gasteiger partial charge on any atom is 0.129 e. The van der Waals surface area contributed by atoms with Crippen molar-refractivity contribution >= 4 is 32.7 Å². The Labute approximate surface area is 122 Å². The van der Waals surface area contributed by atoms with Gasteiger partial charge < -0.3 is 9.80 Å². The first kappa shape index (κ1) is 12.9. The number of piperazine rings is 1. The molecule has 4 heteroatoms. The standard InChI is InChI=1S/C15H18BrN3/c1-11-10-14(19-8-6-18(2)7-9-19)17-15-12(11)4-3-5-13(15)16/h3-5,10H,6-9H2,1-2H3. The quantitative estimate of drug-likeness (QED) is 0.805. The highest BCUT2D eigenvalue weighted by Crippen LogP contribution is 2.28. The highest BCUT2D eigenvalue weighted by atomic mass is 79.9. The second kappa shape index (κ2) is 5.10.